The molecule has 0 unspecified atom stereocenters. The second kappa shape index (κ2) is 6.18. The van der Waals surface area contributed by atoms with E-state index in [1.54, 1.807) is 0 Å². The Kier molecular flexibility index (Phi) is 5.39. The van der Waals surface area contributed by atoms with E-state index in [1.807, 2.05) is 0 Å². The zero-order valence-corrected chi connectivity index (χ0v) is 11.5. The lowest BCUT2D eigenvalue weighted by Gasteiger charge is -2.33. The molecule has 104 valence electrons. The lowest BCUT2D eigenvalue weighted by Crippen LogP contribution is -2.49. The van der Waals surface area contributed by atoms with Gasteiger partial charge in [-0.15, -0.1) is 23.7 Å². The van der Waals surface area contributed by atoms with E-state index in [9.17, 15) is 13.2 Å². The van der Waals surface area contributed by atoms with Crippen molar-refractivity contribution in [3.8, 4) is 0 Å². The van der Waals surface area contributed by atoms with Gasteiger partial charge in [-0.1, -0.05) is 0 Å². The number of aromatic nitrogens is 1. The maximum atomic E-state index is 12.4. The van der Waals surface area contributed by atoms with Crippen molar-refractivity contribution in [1.29, 1.82) is 0 Å². The summed E-state index contributed by atoms with van der Waals surface area (Å²) in [6.07, 6.45) is -3.35. The lowest BCUT2D eigenvalue weighted by molar-refractivity contribution is -0.134. The van der Waals surface area contributed by atoms with Crippen LogP contribution in [0.3, 0.4) is 0 Å². The minimum atomic E-state index is -4.27. The van der Waals surface area contributed by atoms with Crippen LogP contribution in [0.2, 0.25) is 0 Å². The third kappa shape index (κ3) is 3.81. The predicted octanol–water partition coefficient (Wildman–Crippen LogP) is 2.38. The van der Waals surface area contributed by atoms with Crippen LogP contribution in [0.5, 0.6) is 0 Å². The molecule has 0 bridgehead atoms. The van der Waals surface area contributed by atoms with Crippen LogP contribution >= 0.6 is 23.7 Å². The van der Waals surface area contributed by atoms with Crippen molar-refractivity contribution in [1.82, 2.24) is 15.2 Å². The number of nitrogens with zero attached hydrogens (tertiary/aromatic N) is 2. The van der Waals surface area contributed by atoms with Gasteiger partial charge < -0.3 is 5.32 Å². The van der Waals surface area contributed by atoms with Gasteiger partial charge >= 0.3 is 6.18 Å². The fraction of sp³-hybridized carbons (Fsp3) is 0.700. The molecule has 1 aromatic heterocycles. The molecule has 1 aliphatic heterocycles. The van der Waals surface area contributed by atoms with Gasteiger partial charge in [-0.3, -0.25) is 4.90 Å². The molecule has 3 nitrogen and oxygen atoms in total. The molecule has 1 aliphatic rings. The molecule has 1 saturated heterocycles. The highest BCUT2D eigenvalue weighted by molar-refractivity contribution is 7.11. The number of piperazine rings is 1. The molecule has 1 aromatic rings. The Bertz CT molecular complexity index is 383. The Morgan fingerprint density at radius 1 is 1.56 bits per heavy atom. The Labute approximate surface area is 114 Å². The standard InChI is InChI=1S/C10H14F3N3S.ClH/c1-7-4-14-2-3-16(7)6-9-15-5-8(17-9)10(11,12)13;/h5,7,14H,2-4,6H2,1H3;1H/t7-;/m0./s1. The van der Waals surface area contributed by atoms with Crippen molar-refractivity contribution in [2.75, 3.05) is 19.6 Å². The summed E-state index contributed by atoms with van der Waals surface area (Å²) in [4.78, 5) is 5.38. The largest absolute Gasteiger partial charge is 0.427 e. The van der Waals surface area contributed by atoms with Gasteiger partial charge in [0.25, 0.3) is 0 Å². The van der Waals surface area contributed by atoms with Crippen LogP contribution in [0.4, 0.5) is 13.2 Å². The minimum absolute atomic E-state index is 0. The van der Waals surface area contributed by atoms with E-state index < -0.39 is 11.1 Å². The first-order chi connectivity index (χ1) is 7.97. The monoisotopic (exact) mass is 301 g/mol. The summed E-state index contributed by atoms with van der Waals surface area (Å²) < 4.78 is 37.2. The quantitative estimate of drug-likeness (QED) is 0.909. The van der Waals surface area contributed by atoms with Gasteiger partial charge in [0.1, 0.15) is 9.88 Å². The summed E-state index contributed by atoms with van der Waals surface area (Å²) >= 11 is 0.737. The number of hydrogen-bond donors (Lipinski definition) is 1. The molecule has 8 heteroatoms. The second-order valence-corrected chi connectivity index (χ2v) is 5.25. The summed E-state index contributed by atoms with van der Waals surface area (Å²) in [7, 11) is 0. The van der Waals surface area contributed by atoms with Gasteiger partial charge in [0.15, 0.2) is 0 Å². The third-order valence-electron chi connectivity index (χ3n) is 2.81. The highest BCUT2D eigenvalue weighted by atomic mass is 35.5. The molecule has 0 spiro atoms. The fourth-order valence-corrected chi connectivity index (χ4v) is 2.62. The van der Waals surface area contributed by atoms with Crippen LogP contribution in [0.25, 0.3) is 0 Å². The number of nitrogens with one attached hydrogen (secondary N) is 1. The van der Waals surface area contributed by atoms with E-state index in [1.165, 1.54) is 0 Å². The SMILES string of the molecule is C[C@H]1CNCCN1Cc1ncc(C(F)(F)F)s1.Cl. The Balaban J connectivity index is 0.00000162. The van der Waals surface area contributed by atoms with Crippen molar-refractivity contribution >= 4 is 23.7 Å². The maximum Gasteiger partial charge on any atom is 0.427 e. The molecule has 18 heavy (non-hydrogen) atoms. The molecule has 1 fully saturated rings. The molecule has 1 N–H and O–H groups in total. The number of halogens is 4. The molecule has 0 amide bonds. The van der Waals surface area contributed by atoms with E-state index in [0.29, 0.717) is 17.6 Å². The Hall–Kier alpha value is -0.370. The summed E-state index contributed by atoms with van der Waals surface area (Å²) in [5.41, 5.74) is 0. The third-order valence-corrected chi connectivity index (χ3v) is 3.84. The number of alkyl halides is 3. The second-order valence-electron chi connectivity index (χ2n) is 4.14. The molecule has 2 rings (SSSR count). The molecular weight excluding hydrogens is 287 g/mol. The molecule has 0 aliphatic carbocycles. The van der Waals surface area contributed by atoms with Crippen molar-refractivity contribution in [3.05, 3.63) is 16.1 Å². The van der Waals surface area contributed by atoms with E-state index >= 15 is 0 Å². The molecule has 0 saturated carbocycles. The highest BCUT2D eigenvalue weighted by Crippen LogP contribution is 2.33. The first-order valence-electron chi connectivity index (χ1n) is 5.43. The average molecular weight is 302 g/mol. The summed E-state index contributed by atoms with van der Waals surface area (Å²) in [6.45, 7) is 5.16. The van der Waals surface area contributed by atoms with Crippen LogP contribution in [-0.4, -0.2) is 35.6 Å². The Morgan fingerprint density at radius 2 is 2.28 bits per heavy atom. The normalized spacial score (nSPS) is 21.7. The van der Waals surface area contributed by atoms with Gasteiger partial charge in [-0.25, -0.2) is 4.98 Å². The van der Waals surface area contributed by atoms with Crippen LogP contribution in [0, 0.1) is 0 Å². The maximum absolute atomic E-state index is 12.4. The van der Waals surface area contributed by atoms with Crippen LogP contribution in [-0.2, 0) is 12.7 Å². The van der Waals surface area contributed by atoms with Gasteiger partial charge in [0.2, 0.25) is 0 Å². The van der Waals surface area contributed by atoms with E-state index in [4.69, 9.17) is 0 Å². The van der Waals surface area contributed by atoms with Gasteiger partial charge in [-0.05, 0) is 6.92 Å². The average Bonchev–Trinajstić information content (AvgIpc) is 2.69. The zero-order valence-electron chi connectivity index (χ0n) is 9.83. The molecular formula is C10H15ClF3N3S. The van der Waals surface area contributed by atoms with Gasteiger partial charge in [-0.2, -0.15) is 13.2 Å². The van der Waals surface area contributed by atoms with E-state index in [0.717, 1.165) is 37.2 Å². The predicted molar refractivity (Wildman–Crippen MR) is 67.1 cm³/mol. The van der Waals surface area contributed by atoms with Crippen LogP contribution in [0.1, 0.15) is 16.8 Å². The smallest absolute Gasteiger partial charge is 0.314 e. The molecule has 1 atom stereocenters. The van der Waals surface area contributed by atoms with Crippen molar-refractivity contribution < 1.29 is 13.2 Å². The van der Waals surface area contributed by atoms with E-state index in [2.05, 4.69) is 22.1 Å². The summed E-state index contributed by atoms with van der Waals surface area (Å²) in [5.74, 6) is 0. The van der Waals surface area contributed by atoms with Crippen LogP contribution < -0.4 is 5.32 Å². The highest BCUT2D eigenvalue weighted by Gasteiger charge is 2.33. The lowest BCUT2D eigenvalue weighted by atomic mass is 10.2. The number of rotatable bonds is 2. The summed E-state index contributed by atoms with van der Waals surface area (Å²) in [6, 6.07) is 0.335. The van der Waals surface area contributed by atoms with Crippen molar-refractivity contribution in [3.63, 3.8) is 0 Å². The summed E-state index contributed by atoms with van der Waals surface area (Å²) in [5, 5.41) is 3.77. The fourth-order valence-electron chi connectivity index (χ4n) is 1.81. The minimum Gasteiger partial charge on any atom is -0.314 e. The zero-order chi connectivity index (χ0) is 12.5. The van der Waals surface area contributed by atoms with Crippen LogP contribution in [0.15, 0.2) is 6.20 Å². The Morgan fingerprint density at radius 3 is 2.83 bits per heavy atom. The number of hydrogen-bond acceptors (Lipinski definition) is 4. The number of thiazole rings is 1. The van der Waals surface area contributed by atoms with Crippen molar-refractivity contribution in [2.24, 2.45) is 0 Å². The first kappa shape index (κ1) is 15.7. The molecule has 0 radical (unpaired) electrons. The van der Waals surface area contributed by atoms with Crippen molar-refractivity contribution in [2.45, 2.75) is 25.7 Å². The molecule has 2 heterocycles. The molecule has 0 aromatic carbocycles. The topological polar surface area (TPSA) is 28.2 Å². The van der Waals surface area contributed by atoms with E-state index in [-0.39, 0.29) is 12.4 Å². The first-order valence-corrected chi connectivity index (χ1v) is 6.25. The van der Waals surface area contributed by atoms with Gasteiger partial charge in [0.05, 0.1) is 12.7 Å². The van der Waals surface area contributed by atoms with Gasteiger partial charge in [0, 0.05) is 25.7 Å².